The molecule has 0 heterocycles. The van der Waals surface area contributed by atoms with Gasteiger partial charge in [0.1, 0.15) is 5.82 Å². The number of halogens is 1. The second kappa shape index (κ2) is 8.13. The van der Waals surface area contributed by atoms with E-state index in [1.165, 1.54) is 25.0 Å². The number of carbonyl (C=O) groups excluding carboxylic acids is 1. The molecule has 0 atom stereocenters. The van der Waals surface area contributed by atoms with E-state index in [4.69, 9.17) is 5.73 Å². The zero-order valence-corrected chi connectivity index (χ0v) is 12.6. The van der Waals surface area contributed by atoms with Crippen LogP contribution in [0.25, 0.3) is 0 Å². The monoisotopic (exact) mass is 292 g/mol. The van der Waals surface area contributed by atoms with Gasteiger partial charge in [0.25, 0.3) is 0 Å². The van der Waals surface area contributed by atoms with Gasteiger partial charge in [-0.3, -0.25) is 4.79 Å². The van der Waals surface area contributed by atoms with Crippen molar-refractivity contribution in [3.8, 4) is 0 Å². The quantitative estimate of drug-likeness (QED) is 0.845. The van der Waals surface area contributed by atoms with Crippen LogP contribution in [0.5, 0.6) is 0 Å². The van der Waals surface area contributed by atoms with Crippen molar-refractivity contribution < 1.29 is 9.18 Å². The average Bonchev–Trinajstić information content (AvgIpc) is 2.78. The predicted octanol–water partition coefficient (Wildman–Crippen LogP) is 3.48. The Kier molecular flexibility index (Phi) is 6.18. The molecule has 1 saturated carbocycles. The van der Waals surface area contributed by atoms with Crippen LogP contribution in [0, 0.1) is 11.7 Å². The Bertz CT molecular complexity index is 439. The highest BCUT2D eigenvalue weighted by atomic mass is 19.1. The summed E-state index contributed by atoms with van der Waals surface area (Å²) in [5.74, 6) is 0.00623. The molecule has 0 bridgehead atoms. The third-order valence-electron chi connectivity index (χ3n) is 4.19. The third-order valence-corrected chi connectivity index (χ3v) is 4.19. The van der Waals surface area contributed by atoms with Gasteiger partial charge in [-0.25, -0.2) is 4.39 Å². The molecule has 1 aromatic rings. The molecule has 2 rings (SSSR count). The molecule has 0 unspecified atom stereocenters. The highest BCUT2D eigenvalue weighted by molar-refractivity contribution is 5.95. The minimum atomic E-state index is -0.278. The van der Waals surface area contributed by atoms with Crippen LogP contribution in [0.15, 0.2) is 24.3 Å². The van der Waals surface area contributed by atoms with Crippen LogP contribution in [-0.4, -0.2) is 19.0 Å². The Morgan fingerprint density at radius 2 is 1.76 bits per heavy atom. The van der Waals surface area contributed by atoms with E-state index in [1.54, 1.807) is 17.0 Å². The number of amides is 1. The van der Waals surface area contributed by atoms with E-state index in [2.05, 4.69) is 0 Å². The molecule has 0 spiro atoms. The zero-order chi connectivity index (χ0) is 15.1. The lowest BCUT2D eigenvalue weighted by Gasteiger charge is -2.27. The number of nitrogens with two attached hydrogens (primary N) is 1. The van der Waals surface area contributed by atoms with E-state index in [1.807, 2.05) is 0 Å². The fourth-order valence-corrected chi connectivity index (χ4v) is 2.98. The van der Waals surface area contributed by atoms with Gasteiger partial charge in [0.15, 0.2) is 0 Å². The Morgan fingerprint density at radius 3 is 2.33 bits per heavy atom. The van der Waals surface area contributed by atoms with E-state index >= 15 is 0 Å². The number of nitrogens with zero attached hydrogens (tertiary/aromatic N) is 1. The number of rotatable bonds is 5. The first-order valence-corrected chi connectivity index (χ1v) is 7.99. The standard InChI is InChI=1S/C17H25FN2O/c18-15-8-10-16(11-9-15)20(13-5-12-19)17(21)14-6-3-1-2-4-7-14/h8-11,14H,1-7,12-13,19H2. The van der Waals surface area contributed by atoms with Crippen LogP contribution in [0.4, 0.5) is 10.1 Å². The van der Waals surface area contributed by atoms with Crippen molar-refractivity contribution in [2.75, 3.05) is 18.0 Å². The fraction of sp³-hybridized carbons (Fsp3) is 0.588. The van der Waals surface area contributed by atoms with Gasteiger partial charge in [-0.1, -0.05) is 25.7 Å². The molecule has 21 heavy (non-hydrogen) atoms. The Hall–Kier alpha value is -1.42. The largest absolute Gasteiger partial charge is 0.330 e. The first-order valence-electron chi connectivity index (χ1n) is 7.99. The van der Waals surface area contributed by atoms with Gasteiger partial charge in [-0.05, 0) is 50.1 Å². The molecule has 3 nitrogen and oxygen atoms in total. The van der Waals surface area contributed by atoms with Crippen molar-refractivity contribution in [2.45, 2.75) is 44.9 Å². The average molecular weight is 292 g/mol. The summed E-state index contributed by atoms with van der Waals surface area (Å²) in [6, 6.07) is 6.18. The van der Waals surface area contributed by atoms with Crippen molar-refractivity contribution in [1.82, 2.24) is 0 Å². The lowest BCUT2D eigenvalue weighted by atomic mass is 9.98. The number of benzene rings is 1. The molecular weight excluding hydrogens is 267 g/mol. The van der Waals surface area contributed by atoms with Gasteiger partial charge in [-0.15, -0.1) is 0 Å². The minimum absolute atomic E-state index is 0.107. The summed E-state index contributed by atoms with van der Waals surface area (Å²) < 4.78 is 13.1. The first kappa shape index (κ1) is 16.0. The van der Waals surface area contributed by atoms with Crippen LogP contribution < -0.4 is 10.6 Å². The number of hydrogen-bond acceptors (Lipinski definition) is 2. The summed E-state index contributed by atoms with van der Waals surface area (Å²) >= 11 is 0. The van der Waals surface area contributed by atoms with Crippen molar-refractivity contribution >= 4 is 11.6 Å². The van der Waals surface area contributed by atoms with E-state index in [0.717, 1.165) is 37.8 Å². The molecule has 0 saturated heterocycles. The van der Waals surface area contributed by atoms with Crippen LogP contribution in [0.1, 0.15) is 44.9 Å². The third kappa shape index (κ3) is 4.53. The molecule has 1 aromatic carbocycles. The molecule has 1 aliphatic carbocycles. The smallest absolute Gasteiger partial charge is 0.230 e. The molecule has 2 N–H and O–H groups in total. The van der Waals surface area contributed by atoms with E-state index in [-0.39, 0.29) is 17.6 Å². The normalized spacial score (nSPS) is 16.5. The lowest BCUT2D eigenvalue weighted by Crippen LogP contribution is -2.37. The summed E-state index contributed by atoms with van der Waals surface area (Å²) in [6.45, 7) is 1.16. The maximum absolute atomic E-state index is 13.1. The van der Waals surface area contributed by atoms with Crippen LogP contribution in [-0.2, 0) is 4.79 Å². The predicted molar refractivity (Wildman–Crippen MR) is 83.6 cm³/mol. The molecule has 1 amide bonds. The summed E-state index contributed by atoms with van der Waals surface area (Å²) in [4.78, 5) is 14.6. The van der Waals surface area contributed by atoms with Crippen LogP contribution in [0.3, 0.4) is 0 Å². The molecule has 0 aromatic heterocycles. The molecule has 1 aliphatic rings. The number of anilines is 1. The zero-order valence-electron chi connectivity index (χ0n) is 12.6. The first-order chi connectivity index (χ1) is 10.2. The fourth-order valence-electron chi connectivity index (χ4n) is 2.98. The molecule has 4 heteroatoms. The van der Waals surface area contributed by atoms with Crippen molar-refractivity contribution in [3.63, 3.8) is 0 Å². The lowest BCUT2D eigenvalue weighted by molar-refractivity contribution is -0.122. The molecular formula is C17H25FN2O. The number of hydrogen-bond donors (Lipinski definition) is 1. The second-order valence-corrected chi connectivity index (χ2v) is 5.80. The van der Waals surface area contributed by atoms with Gasteiger partial charge >= 0.3 is 0 Å². The topological polar surface area (TPSA) is 46.3 Å². The summed E-state index contributed by atoms with van der Waals surface area (Å²) in [5, 5.41) is 0. The van der Waals surface area contributed by atoms with Gasteiger partial charge in [0.05, 0.1) is 0 Å². The maximum Gasteiger partial charge on any atom is 0.230 e. The SMILES string of the molecule is NCCCN(C(=O)C1CCCCCC1)c1ccc(F)cc1. The Balaban J connectivity index is 2.13. The Labute approximate surface area is 126 Å². The molecule has 1 fully saturated rings. The van der Waals surface area contributed by atoms with E-state index in [9.17, 15) is 9.18 Å². The highest BCUT2D eigenvalue weighted by Gasteiger charge is 2.25. The van der Waals surface area contributed by atoms with Crippen molar-refractivity contribution in [3.05, 3.63) is 30.1 Å². The summed E-state index contributed by atoms with van der Waals surface area (Å²) in [6.07, 6.45) is 7.41. The second-order valence-electron chi connectivity index (χ2n) is 5.80. The minimum Gasteiger partial charge on any atom is -0.330 e. The van der Waals surface area contributed by atoms with Crippen LogP contribution in [0.2, 0.25) is 0 Å². The van der Waals surface area contributed by atoms with Crippen molar-refractivity contribution in [1.29, 1.82) is 0 Å². The van der Waals surface area contributed by atoms with Crippen LogP contribution >= 0.6 is 0 Å². The molecule has 0 radical (unpaired) electrons. The highest BCUT2D eigenvalue weighted by Crippen LogP contribution is 2.27. The molecule has 116 valence electrons. The van der Waals surface area contributed by atoms with E-state index in [0.29, 0.717) is 13.1 Å². The summed E-state index contributed by atoms with van der Waals surface area (Å²) in [7, 11) is 0. The van der Waals surface area contributed by atoms with E-state index < -0.39 is 0 Å². The van der Waals surface area contributed by atoms with Gasteiger partial charge in [0, 0.05) is 18.2 Å². The maximum atomic E-state index is 13.1. The van der Waals surface area contributed by atoms with Gasteiger partial charge in [-0.2, -0.15) is 0 Å². The number of carbonyl (C=O) groups is 1. The molecule has 0 aliphatic heterocycles. The van der Waals surface area contributed by atoms with Gasteiger partial charge in [0.2, 0.25) is 5.91 Å². The van der Waals surface area contributed by atoms with Crippen molar-refractivity contribution in [2.24, 2.45) is 11.7 Å². The van der Waals surface area contributed by atoms with Gasteiger partial charge < -0.3 is 10.6 Å². The summed E-state index contributed by atoms with van der Waals surface area (Å²) in [5.41, 5.74) is 6.36. The Morgan fingerprint density at radius 1 is 1.14 bits per heavy atom.